The van der Waals surface area contributed by atoms with Crippen LogP contribution in [0.25, 0.3) is 11.0 Å². The smallest absolute Gasteiger partial charge is 0.123 e. The zero-order chi connectivity index (χ0) is 17.9. The maximum Gasteiger partial charge on any atom is 0.123 e. The lowest BCUT2D eigenvalue weighted by Crippen LogP contribution is -2.46. The van der Waals surface area contributed by atoms with Crippen molar-refractivity contribution in [3.8, 4) is 0 Å². The van der Waals surface area contributed by atoms with E-state index >= 15 is 0 Å². The lowest BCUT2D eigenvalue weighted by molar-refractivity contribution is 0.250. The fourth-order valence-electron chi connectivity index (χ4n) is 3.81. The molecule has 1 saturated heterocycles. The number of para-hydroxylation sites is 2. The van der Waals surface area contributed by atoms with Crippen LogP contribution in [0.4, 0.5) is 10.1 Å². The van der Waals surface area contributed by atoms with Gasteiger partial charge in [0.05, 0.1) is 11.0 Å². The van der Waals surface area contributed by atoms with Crippen LogP contribution >= 0.6 is 0 Å². The number of aromatic nitrogens is 2. The molecule has 4 nitrogen and oxygen atoms in total. The number of fused-ring (bicyclic) bond motifs is 1. The Kier molecular flexibility index (Phi) is 4.89. The highest BCUT2D eigenvalue weighted by molar-refractivity contribution is 5.75. The van der Waals surface area contributed by atoms with Crippen LogP contribution in [0.1, 0.15) is 12.2 Å². The van der Waals surface area contributed by atoms with Gasteiger partial charge in [-0.1, -0.05) is 12.1 Å². The molecule has 3 aromatic rings. The van der Waals surface area contributed by atoms with Crippen molar-refractivity contribution in [3.63, 3.8) is 0 Å². The van der Waals surface area contributed by atoms with Gasteiger partial charge in [0.15, 0.2) is 0 Å². The first-order valence-corrected chi connectivity index (χ1v) is 9.35. The third kappa shape index (κ3) is 3.58. The van der Waals surface area contributed by atoms with E-state index < -0.39 is 0 Å². The molecule has 0 amide bonds. The van der Waals surface area contributed by atoms with E-state index in [4.69, 9.17) is 0 Å². The largest absolute Gasteiger partial charge is 0.369 e. The third-order valence-electron chi connectivity index (χ3n) is 5.27. The molecular formula is C21H25FN4. The average molecular weight is 352 g/mol. The standard InChI is InChI=1S/C21H25FN4/c1-17-23-20-5-2-3-6-21(20)26(17)12-4-11-24-13-15-25(16-14-24)19-9-7-18(22)8-10-19/h2-3,5-10H,4,11-16H2,1H3. The molecule has 0 spiro atoms. The van der Waals surface area contributed by atoms with Crippen LogP contribution in [0.5, 0.6) is 0 Å². The summed E-state index contributed by atoms with van der Waals surface area (Å²) in [6, 6.07) is 15.2. The van der Waals surface area contributed by atoms with E-state index in [-0.39, 0.29) is 5.82 Å². The monoisotopic (exact) mass is 352 g/mol. The van der Waals surface area contributed by atoms with E-state index in [9.17, 15) is 4.39 Å². The molecule has 1 aliphatic heterocycles. The molecule has 0 saturated carbocycles. The Morgan fingerprint density at radius 2 is 1.65 bits per heavy atom. The number of piperazine rings is 1. The summed E-state index contributed by atoms with van der Waals surface area (Å²) in [7, 11) is 0. The highest BCUT2D eigenvalue weighted by Gasteiger charge is 2.17. The summed E-state index contributed by atoms with van der Waals surface area (Å²) in [5.74, 6) is 0.919. The summed E-state index contributed by atoms with van der Waals surface area (Å²) in [6.07, 6.45) is 1.12. The second-order valence-electron chi connectivity index (χ2n) is 6.96. The first-order chi connectivity index (χ1) is 12.7. The van der Waals surface area contributed by atoms with E-state index in [2.05, 4.69) is 44.5 Å². The maximum atomic E-state index is 13.1. The van der Waals surface area contributed by atoms with Gasteiger partial charge >= 0.3 is 0 Å². The van der Waals surface area contributed by atoms with E-state index in [1.54, 1.807) is 12.1 Å². The quantitative estimate of drug-likeness (QED) is 0.700. The topological polar surface area (TPSA) is 24.3 Å². The van der Waals surface area contributed by atoms with Crippen LogP contribution in [-0.4, -0.2) is 47.2 Å². The van der Waals surface area contributed by atoms with Crippen molar-refractivity contribution >= 4 is 16.7 Å². The number of anilines is 1. The number of hydrogen-bond acceptors (Lipinski definition) is 3. The van der Waals surface area contributed by atoms with Crippen molar-refractivity contribution in [1.82, 2.24) is 14.5 Å². The van der Waals surface area contributed by atoms with E-state index in [0.29, 0.717) is 0 Å². The number of aryl methyl sites for hydroxylation is 2. The van der Waals surface area contributed by atoms with Crippen molar-refractivity contribution in [2.45, 2.75) is 19.9 Å². The molecule has 4 rings (SSSR count). The molecule has 2 aromatic carbocycles. The second-order valence-corrected chi connectivity index (χ2v) is 6.96. The predicted molar refractivity (Wildman–Crippen MR) is 104 cm³/mol. The first-order valence-electron chi connectivity index (χ1n) is 9.35. The second kappa shape index (κ2) is 7.46. The minimum atomic E-state index is -0.172. The zero-order valence-corrected chi connectivity index (χ0v) is 15.2. The summed E-state index contributed by atoms with van der Waals surface area (Å²) in [4.78, 5) is 9.50. The number of halogens is 1. The lowest BCUT2D eigenvalue weighted by atomic mass is 10.2. The minimum Gasteiger partial charge on any atom is -0.369 e. The predicted octanol–water partition coefficient (Wildman–Crippen LogP) is 3.70. The van der Waals surface area contributed by atoms with Gasteiger partial charge in [-0.3, -0.25) is 4.90 Å². The highest BCUT2D eigenvalue weighted by atomic mass is 19.1. The lowest BCUT2D eigenvalue weighted by Gasteiger charge is -2.36. The van der Waals surface area contributed by atoms with Gasteiger partial charge in [-0.25, -0.2) is 9.37 Å². The molecule has 5 heteroatoms. The Labute approximate surface area is 153 Å². The number of imidazole rings is 1. The van der Waals surface area contributed by atoms with E-state index in [0.717, 1.165) is 62.7 Å². The average Bonchev–Trinajstić information content (AvgIpc) is 2.99. The summed E-state index contributed by atoms with van der Waals surface area (Å²) in [5, 5.41) is 0. The third-order valence-corrected chi connectivity index (χ3v) is 5.27. The van der Waals surface area contributed by atoms with Gasteiger partial charge in [0, 0.05) is 38.4 Å². The molecule has 2 heterocycles. The van der Waals surface area contributed by atoms with Crippen LogP contribution in [0.3, 0.4) is 0 Å². The fourth-order valence-corrected chi connectivity index (χ4v) is 3.81. The Morgan fingerprint density at radius 1 is 0.923 bits per heavy atom. The van der Waals surface area contributed by atoms with Gasteiger partial charge in [0.1, 0.15) is 11.6 Å². The van der Waals surface area contributed by atoms with Crippen LogP contribution in [0, 0.1) is 12.7 Å². The van der Waals surface area contributed by atoms with Gasteiger partial charge in [0.25, 0.3) is 0 Å². The zero-order valence-electron chi connectivity index (χ0n) is 15.2. The van der Waals surface area contributed by atoms with Gasteiger partial charge < -0.3 is 9.47 Å². The molecule has 0 unspecified atom stereocenters. The molecule has 0 N–H and O–H groups in total. The molecule has 0 bridgehead atoms. The molecule has 1 fully saturated rings. The Hall–Kier alpha value is -2.40. The Morgan fingerprint density at radius 3 is 2.42 bits per heavy atom. The Balaban J connectivity index is 1.28. The van der Waals surface area contributed by atoms with Crippen molar-refractivity contribution in [1.29, 1.82) is 0 Å². The molecular weight excluding hydrogens is 327 g/mol. The van der Waals surface area contributed by atoms with Crippen LogP contribution in [0.2, 0.25) is 0 Å². The molecule has 136 valence electrons. The normalized spacial score (nSPS) is 15.7. The van der Waals surface area contributed by atoms with Crippen molar-refractivity contribution < 1.29 is 4.39 Å². The van der Waals surface area contributed by atoms with Crippen molar-refractivity contribution in [3.05, 3.63) is 60.2 Å². The summed E-state index contributed by atoms with van der Waals surface area (Å²) in [5.41, 5.74) is 3.43. The molecule has 26 heavy (non-hydrogen) atoms. The summed E-state index contributed by atoms with van der Waals surface area (Å²) in [6.45, 7) is 8.30. The minimum absolute atomic E-state index is 0.172. The number of benzene rings is 2. The van der Waals surface area contributed by atoms with E-state index in [1.807, 2.05) is 18.2 Å². The van der Waals surface area contributed by atoms with Crippen LogP contribution in [0.15, 0.2) is 48.5 Å². The molecule has 1 aliphatic rings. The van der Waals surface area contributed by atoms with Gasteiger partial charge in [0.2, 0.25) is 0 Å². The SMILES string of the molecule is Cc1nc2ccccc2n1CCCN1CCN(c2ccc(F)cc2)CC1. The van der Waals surface area contributed by atoms with Gasteiger partial charge in [-0.05, 0) is 56.3 Å². The van der Waals surface area contributed by atoms with Crippen LogP contribution in [-0.2, 0) is 6.54 Å². The summed E-state index contributed by atoms with van der Waals surface area (Å²) < 4.78 is 15.4. The summed E-state index contributed by atoms with van der Waals surface area (Å²) >= 11 is 0. The number of nitrogens with zero attached hydrogens (tertiary/aromatic N) is 4. The van der Waals surface area contributed by atoms with Crippen molar-refractivity contribution in [2.24, 2.45) is 0 Å². The van der Waals surface area contributed by atoms with E-state index in [1.165, 1.54) is 5.52 Å². The number of hydrogen-bond donors (Lipinski definition) is 0. The maximum absolute atomic E-state index is 13.1. The van der Waals surface area contributed by atoms with Crippen LogP contribution < -0.4 is 4.90 Å². The van der Waals surface area contributed by atoms with Gasteiger partial charge in [-0.15, -0.1) is 0 Å². The van der Waals surface area contributed by atoms with Crippen molar-refractivity contribution in [2.75, 3.05) is 37.6 Å². The highest BCUT2D eigenvalue weighted by Crippen LogP contribution is 2.18. The van der Waals surface area contributed by atoms with Gasteiger partial charge in [-0.2, -0.15) is 0 Å². The molecule has 0 aliphatic carbocycles. The number of rotatable bonds is 5. The Bertz CT molecular complexity index is 863. The fraction of sp³-hybridized carbons (Fsp3) is 0.381. The molecule has 0 radical (unpaired) electrons. The first kappa shape index (κ1) is 17.0. The molecule has 0 atom stereocenters. The molecule has 1 aromatic heterocycles.